The maximum absolute atomic E-state index is 13.7. The van der Waals surface area contributed by atoms with E-state index in [2.05, 4.69) is 5.32 Å². The smallest absolute Gasteiger partial charge is 0.335 e. The van der Waals surface area contributed by atoms with Crippen LogP contribution >= 0.6 is 0 Å². The average molecular weight is 281 g/mol. The summed E-state index contributed by atoms with van der Waals surface area (Å²) in [5, 5.41) is 11.2. The van der Waals surface area contributed by atoms with Crippen LogP contribution in [0.15, 0.2) is 18.2 Å². The molecule has 0 aromatic heterocycles. The highest BCUT2D eigenvalue weighted by Gasteiger charge is 2.25. The van der Waals surface area contributed by atoms with Gasteiger partial charge in [-0.1, -0.05) is 0 Å². The predicted molar refractivity (Wildman–Crippen MR) is 71.1 cm³/mol. The molecular formula is C13H16FN3O3. The molecular weight excluding hydrogens is 265 g/mol. The summed E-state index contributed by atoms with van der Waals surface area (Å²) in [6.45, 7) is 1.66. The number of likely N-dealkylation sites (tertiary alicyclic amines) is 1. The number of carbonyl (C=O) groups is 2. The summed E-state index contributed by atoms with van der Waals surface area (Å²) in [7, 11) is 0. The second kappa shape index (κ2) is 5.87. The zero-order chi connectivity index (χ0) is 14.7. The minimum atomic E-state index is -1.22. The maximum atomic E-state index is 13.7. The van der Waals surface area contributed by atoms with Gasteiger partial charge < -0.3 is 21.1 Å². The van der Waals surface area contributed by atoms with Crippen LogP contribution in [0.1, 0.15) is 16.8 Å². The fraction of sp³-hybridized carbons (Fsp3) is 0.385. The number of benzene rings is 1. The highest BCUT2D eigenvalue weighted by molar-refractivity contribution is 5.91. The van der Waals surface area contributed by atoms with Gasteiger partial charge in [-0.05, 0) is 37.1 Å². The lowest BCUT2D eigenvalue weighted by atomic mass is 10.1. The Hall–Kier alpha value is -2.15. The van der Waals surface area contributed by atoms with E-state index in [1.165, 1.54) is 12.1 Å². The van der Waals surface area contributed by atoms with Crippen molar-refractivity contribution in [3.8, 4) is 0 Å². The highest BCUT2D eigenvalue weighted by Crippen LogP contribution is 2.19. The van der Waals surface area contributed by atoms with Crippen LogP contribution in [0.2, 0.25) is 0 Å². The first-order valence-corrected chi connectivity index (χ1v) is 6.30. The molecule has 0 spiro atoms. The van der Waals surface area contributed by atoms with Gasteiger partial charge in [-0.3, -0.25) is 0 Å². The molecule has 1 aromatic rings. The minimum Gasteiger partial charge on any atom is -0.478 e. The molecule has 2 amide bonds. The van der Waals surface area contributed by atoms with Crippen molar-refractivity contribution in [3.63, 3.8) is 0 Å². The van der Waals surface area contributed by atoms with Gasteiger partial charge >= 0.3 is 12.0 Å². The summed E-state index contributed by atoms with van der Waals surface area (Å²) >= 11 is 0. The Bertz CT molecular complexity index is 536. The van der Waals surface area contributed by atoms with E-state index in [-0.39, 0.29) is 17.2 Å². The Labute approximate surface area is 115 Å². The number of aromatic carboxylic acids is 1. The van der Waals surface area contributed by atoms with Gasteiger partial charge in [0.25, 0.3) is 0 Å². The molecule has 6 nitrogen and oxygen atoms in total. The van der Waals surface area contributed by atoms with Crippen LogP contribution in [0.25, 0.3) is 0 Å². The number of rotatable bonds is 3. The molecule has 1 aromatic carbocycles. The highest BCUT2D eigenvalue weighted by atomic mass is 19.1. The van der Waals surface area contributed by atoms with Crippen molar-refractivity contribution in [2.75, 3.05) is 25.0 Å². The van der Waals surface area contributed by atoms with E-state index in [0.29, 0.717) is 19.6 Å². The number of urea groups is 1. The number of carboxylic acid groups (broad SMARTS) is 1. The van der Waals surface area contributed by atoms with Crippen LogP contribution < -0.4 is 11.1 Å². The van der Waals surface area contributed by atoms with Gasteiger partial charge in [0, 0.05) is 13.1 Å². The number of nitrogens with two attached hydrogens (primary N) is 1. The largest absolute Gasteiger partial charge is 0.478 e. The van der Waals surface area contributed by atoms with E-state index in [9.17, 15) is 14.0 Å². The summed E-state index contributed by atoms with van der Waals surface area (Å²) in [5.74, 6) is -1.71. The second-order valence-corrected chi connectivity index (χ2v) is 4.77. The Morgan fingerprint density at radius 3 is 2.80 bits per heavy atom. The van der Waals surface area contributed by atoms with Crippen molar-refractivity contribution in [2.24, 2.45) is 11.7 Å². The molecule has 0 radical (unpaired) electrons. The molecule has 1 atom stereocenters. The topological polar surface area (TPSA) is 95.7 Å². The molecule has 1 unspecified atom stereocenters. The van der Waals surface area contributed by atoms with Gasteiger partial charge in [0.15, 0.2) is 0 Å². The molecule has 2 rings (SSSR count). The molecule has 1 aliphatic rings. The van der Waals surface area contributed by atoms with E-state index in [1.807, 2.05) is 0 Å². The number of anilines is 1. The molecule has 20 heavy (non-hydrogen) atoms. The quantitative estimate of drug-likeness (QED) is 0.779. The zero-order valence-electron chi connectivity index (χ0n) is 10.8. The average Bonchev–Trinajstić information content (AvgIpc) is 2.89. The third-order valence-electron chi connectivity index (χ3n) is 3.36. The van der Waals surface area contributed by atoms with Crippen LogP contribution in [0.3, 0.4) is 0 Å². The zero-order valence-corrected chi connectivity index (χ0v) is 10.8. The van der Waals surface area contributed by atoms with E-state index >= 15 is 0 Å². The van der Waals surface area contributed by atoms with Crippen molar-refractivity contribution < 1.29 is 19.1 Å². The van der Waals surface area contributed by atoms with Crippen molar-refractivity contribution in [2.45, 2.75) is 6.42 Å². The predicted octanol–water partition coefficient (Wildman–Crippen LogP) is 1.34. The molecule has 1 aliphatic heterocycles. The van der Waals surface area contributed by atoms with E-state index in [1.54, 1.807) is 4.90 Å². The Morgan fingerprint density at radius 2 is 2.25 bits per heavy atom. The number of hydrogen-bond acceptors (Lipinski definition) is 3. The SMILES string of the molecule is NCC1CCN(C(=O)Nc2ccc(C(=O)O)cc2F)C1. The maximum Gasteiger partial charge on any atom is 0.335 e. The Balaban J connectivity index is 2.03. The van der Waals surface area contributed by atoms with Gasteiger partial charge in [0.2, 0.25) is 0 Å². The number of halogens is 1. The fourth-order valence-corrected chi connectivity index (χ4v) is 2.15. The number of amides is 2. The first-order valence-electron chi connectivity index (χ1n) is 6.30. The van der Waals surface area contributed by atoms with Crippen molar-refractivity contribution in [1.29, 1.82) is 0 Å². The van der Waals surface area contributed by atoms with Gasteiger partial charge in [-0.15, -0.1) is 0 Å². The second-order valence-electron chi connectivity index (χ2n) is 4.77. The molecule has 7 heteroatoms. The summed E-state index contributed by atoms with van der Waals surface area (Å²) in [6.07, 6.45) is 0.838. The first-order chi connectivity index (χ1) is 9.51. The lowest BCUT2D eigenvalue weighted by molar-refractivity contribution is 0.0696. The summed E-state index contributed by atoms with van der Waals surface area (Å²) in [6, 6.07) is 2.97. The molecule has 108 valence electrons. The van der Waals surface area contributed by atoms with Gasteiger partial charge in [-0.2, -0.15) is 0 Å². The number of carboxylic acids is 1. The van der Waals surface area contributed by atoms with Crippen LogP contribution in [0.5, 0.6) is 0 Å². The molecule has 1 heterocycles. The van der Waals surface area contributed by atoms with Crippen LogP contribution in [-0.2, 0) is 0 Å². The molecule has 1 saturated heterocycles. The van der Waals surface area contributed by atoms with Crippen LogP contribution in [0.4, 0.5) is 14.9 Å². The lowest BCUT2D eigenvalue weighted by Crippen LogP contribution is -2.34. The monoisotopic (exact) mass is 281 g/mol. The summed E-state index contributed by atoms with van der Waals surface area (Å²) in [4.78, 5) is 24.2. The van der Waals surface area contributed by atoms with Crippen molar-refractivity contribution >= 4 is 17.7 Å². The van der Waals surface area contributed by atoms with Crippen LogP contribution in [-0.4, -0.2) is 41.6 Å². The summed E-state index contributed by atoms with van der Waals surface area (Å²) in [5.41, 5.74) is 5.35. The van der Waals surface area contributed by atoms with Gasteiger partial charge in [0.05, 0.1) is 11.3 Å². The van der Waals surface area contributed by atoms with Gasteiger partial charge in [-0.25, -0.2) is 14.0 Å². The Kier molecular flexibility index (Phi) is 4.19. The molecule has 0 bridgehead atoms. The molecule has 4 N–H and O–H groups in total. The van der Waals surface area contributed by atoms with E-state index in [0.717, 1.165) is 12.5 Å². The third-order valence-corrected chi connectivity index (χ3v) is 3.36. The summed E-state index contributed by atoms with van der Waals surface area (Å²) < 4.78 is 13.7. The van der Waals surface area contributed by atoms with Crippen LogP contribution in [0, 0.1) is 11.7 Å². The molecule has 1 fully saturated rings. The van der Waals surface area contributed by atoms with E-state index < -0.39 is 17.8 Å². The number of carbonyl (C=O) groups excluding carboxylic acids is 1. The standard InChI is InChI=1S/C13H16FN3O3/c14-10-5-9(12(18)19)1-2-11(10)16-13(20)17-4-3-8(6-15)7-17/h1-2,5,8H,3-4,6-7,15H2,(H,16,20)(H,18,19). The number of nitrogens with zero attached hydrogens (tertiary/aromatic N) is 1. The van der Waals surface area contributed by atoms with Gasteiger partial charge in [0.1, 0.15) is 5.82 Å². The third kappa shape index (κ3) is 3.05. The fourth-order valence-electron chi connectivity index (χ4n) is 2.15. The number of nitrogens with one attached hydrogen (secondary N) is 1. The van der Waals surface area contributed by atoms with E-state index in [4.69, 9.17) is 10.8 Å². The Morgan fingerprint density at radius 1 is 1.50 bits per heavy atom. The number of hydrogen-bond donors (Lipinski definition) is 3. The first kappa shape index (κ1) is 14.3. The lowest BCUT2D eigenvalue weighted by Gasteiger charge is -2.17. The molecule has 0 aliphatic carbocycles. The molecule has 0 saturated carbocycles. The normalized spacial score (nSPS) is 18.1. The van der Waals surface area contributed by atoms with Crippen molar-refractivity contribution in [1.82, 2.24) is 4.90 Å². The minimum absolute atomic E-state index is 0.0313. The van der Waals surface area contributed by atoms with Crippen molar-refractivity contribution in [3.05, 3.63) is 29.6 Å².